The van der Waals surface area contributed by atoms with Gasteiger partial charge in [0.1, 0.15) is 5.82 Å². The predicted molar refractivity (Wildman–Crippen MR) is 68.2 cm³/mol. The van der Waals surface area contributed by atoms with Gasteiger partial charge in [0.15, 0.2) is 0 Å². The van der Waals surface area contributed by atoms with E-state index in [2.05, 4.69) is 4.90 Å². The van der Waals surface area contributed by atoms with Gasteiger partial charge in [0.2, 0.25) is 0 Å². The van der Waals surface area contributed by atoms with Gasteiger partial charge in [0.25, 0.3) is 0 Å². The minimum absolute atomic E-state index is 0.129. The Bertz CT molecular complexity index is 439. The number of carbonyl (C=O) groups is 1. The zero-order valence-corrected chi connectivity index (χ0v) is 10.5. The molecule has 1 aromatic rings. The molecule has 0 bridgehead atoms. The van der Waals surface area contributed by atoms with Crippen LogP contribution in [0.5, 0.6) is 0 Å². The fourth-order valence-corrected chi connectivity index (χ4v) is 2.52. The monoisotopic (exact) mass is 251 g/mol. The van der Waals surface area contributed by atoms with Crippen LogP contribution >= 0.6 is 0 Å². The van der Waals surface area contributed by atoms with Crippen LogP contribution in [-0.2, 0) is 4.79 Å². The SMILES string of the molecule is CC1(CC(=O)O)CCN(c2cccc(F)c2)CC1. The molecule has 1 N–H and O–H groups in total. The quantitative estimate of drug-likeness (QED) is 0.898. The van der Waals surface area contributed by atoms with Crippen molar-refractivity contribution in [3.05, 3.63) is 30.1 Å². The number of benzene rings is 1. The highest BCUT2D eigenvalue weighted by molar-refractivity contribution is 5.67. The van der Waals surface area contributed by atoms with Crippen LogP contribution < -0.4 is 4.90 Å². The number of rotatable bonds is 3. The second kappa shape index (κ2) is 4.96. The summed E-state index contributed by atoms with van der Waals surface area (Å²) in [6, 6.07) is 6.56. The first-order valence-corrected chi connectivity index (χ1v) is 6.21. The topological polar surface area (TPSA) is 40.5 Å². The van der Waals surface area contributed by atoms with Crippen LogP contribution in [0.3, 0.4) is 0 Å². The van der Waals surface area contributed by atoms with Crippen molar-refractivity contribution in [3.8, 4) is 0 Å². The summed E-state index contributed by atoms with van der Waals surface area (Å²) >= 11 is 0. The summed E-state index contributed by atoms with van der Waals surface area (Å²) in [5, 5.41) is 8.89. The Morgan fingerprint density at radius 3 is 2.67 bits per heavy atom. The molecule has 1 aliphatic heterocycles. The van der Waals surface area contributed by atoms with Crippen molar-refractivity contribution >= 4 is 11.7 Å². The van der Waals surface area contributed by atoms with Gasteiger partial charge < -0.3 is 10.0 Å². The molecule has 1 saturated heterocycles. The Hall–Kier alpha value is -1.58. The third-order valence-corrected chi connectivity index (χ3v) is 3.72. The number of piperidine rings is 1. The van der Waals surface area contributed by atoms with E-state index in [9.17, 15) is 9.18 Å². The van der Waals surface area contributed by atoms with Gasteiger partial charge in [-0.05, 0) is 36.5 Å². The Kier molecular flexibility index (Phi) is 3.55. The summed E-state index contributed by atoms with van der Waals surface area (Å²) < 4.78 is 13.1. The molecule has 98 valence electrons. The van der Waals surface area contributed by atoms with Crippen molar-refractivity contribution in [1.82, 2.24) is 0 Å². The number of carboxylic acids is 1. The minimum Gasteiger partial charge on any atom is -0.481 e. The number of nitrogens with zero attached hydrogens (tertiary/aromatic N) is 1. The van der Waals surface area contributed by atoms with E-state index in [0.717, 1.165) is 31.6 Å². The van der Waals surface area contributed by atoms with Crippen LogP contribution in [0, 0.1) is 11.2 Å². The summed E-state index contributed by atoms with van der Waals surface area (Å²) in [7, 11) is 0. The first kappa shape index (κ1) is 12.9. The lowest BCUT2D eigenvalue weighted by Crippen LogP contribution is -2.39. The standard InChI is InChI=1S/C14H18FNO2/c1-14(10-13(17)18)5-7-16(8-6-14)12-4-2-3-11(15)9-12/h2-4,9H,5-8,10H2,1H3,(H,17,18). The van der Waals surface area contributed by atoms with E-state index >= 15 is 0 Å². The molecule has 1 fully saturated rings. The molecule has 1 heterocycles. The lowest BCUT2D eigenvalue weighted by atomic mass is 9.77. The van der Waals surface area contributed by atoms with E-state index in [4.69, 9.17) is 5.11 Å². The van der Waals surface area contributed by atoms with Crippen LogP contribution in [0.25, 0.3) is 0 Å². The van der Waals surface area contributed by atoms with Crippen molar-refractivity contribution in [2.24, 2.45) is 5.41 Å². The van der Waals surface area contributed by atoms with Gasteiger partial charge in [0, 0.05) is 18.8 Å². The van der Waals surface area contributed by atoms with Gasteiger partial charge >= 0.3 is 5.97 Å². The number of aliphatic carboxylic acids is 1. The second-order valence-electron chi connectivity index (χ2n) is 5.35. The molecule has 0 atom stereocenters. The molecule has 0 unspecified atom stereocenters. The Labute approximate surface area is 106 Å². The number of hydrogen-bond acceptors (Lipinski definition) is 2. The van der Waals surface area contributed by atoms with E-state index < -0.39 is 5.97 Å². The summed E-state index contributed by atoms with van der Waals surface area (Å²) in [6.45, 7) is 3.59. The normalized spacial score (nSPS) is 18.7. The van der Waals surface area contributed by atoms with Gasteiger partial charge in [-0.3, -0.25) is 4.79 Å². The van der Waals surface area contributed by atoms with Gasteiger partial charge in [-0.1, -0.05) is 13.0 Å². The highest BCUT2D eigenvalue weighted by Gasteiger charge is 2.32. The largest absolute Gasteiger partial charge is 0.481 e. The lowest BCUT2D eigenvalue weighted by Gasteiger charge is -2.39. The maximum absolute atomic E-state index is 13.1. The van der Waals surface area contributed by atoms with Crippen molar-refractivity contribution in [2.75, 3.05) is 18.0 Å². The fraction of sp³-hybridized carbons (Fsp3) is 0.500. The summed E-state index contributed by atoms with van der Waals surface area (Å²) in [5.74, 6) is -0.969. The van der Waals surface area contributed by atoms with Crippen molar-refractivity contribution in [1.29, 1.82) is 0 Å². The van der Waals surface area contributed by atoms with Gasteiger partial charge in [0.05, 0.1) is 6.42 Å². The lowest BCUT2D eigenvalue weighted by molar-refractivity contribution is -0.139. The Balaban J connectivity index is 2.00. The van der Waals surface area contributed by atoms with E-state index in [1.54, 1.807) is 6.07 Å². The molecule has 0 aliphatic carbocycles. The van der Waals surface area contributed by atoms with Gasteiger partial charge in [-0.2, -0.15) is 0 Å². The molecule has 0 saturated carbocycles. The van der Waals surface area contributed by atoms with E-state index in [-0.39, 0.29) is 17.7 Å². The number of anilines is 1. The summed E-state index contributed by atoms with van der Waals surface area (Å²) in [4.78, 5) is 12.9. The van der Waals surface area contributed by atoms with Crippen LogP contribution in [0.4, 0.5) is 10.1 Å². The van der Waals surface area contributed by atoms with Crippen molar-refractivity contribution in [3.63, 3.8) is 0 Å². The molecule has 2 rings (SSSR count). The van der Waals surface area contributed by atoms with Crippen LogP contribution in [0.2, 0.25) is 0 Å². The van der Waals surface area contributed by atoms with Crippen LogP contribution in [-0.4, -0.2) is 24.2 Å². The maximum atomic E-state index is 13.1. The van der Waals surface area contributed by atoms with Gasteiger partial charge in [-0.15, -0.1) is 0 Å². The molecule has 0 spiro atoms. The summed E-state index contributed by atoms with van der Waals surface area (Å²) in [5.41, 5.74) is 0.753. The molecule has 1 aromatic carbocycles. The molecule has 0 amide bonds. The second-order valence-corrected chi connectivity index (χ2v) is 5.35. The number of hydrogen-bond donors (Lipinski definition) is 1. The van der Waals surface area contributed by atoms with Crippen LogP contribution in [0.15, 0.2) is 24.3 Å². The van der Waals surface area contributed by atoms with Crippen molar-refractivity contribution in [2.45, 2.75) is 26.2 Å². The first-order chi connectivity index (χ1) is 8.48. The number of halogens is 1. The van der Waals surface area contributed by atoms with E-state index in [1.165, 1.54) is 12.1 Å². The predicted octanol–water partition coefficient (Wildman–Crippen LogP) is 2.91. The average molecular weight is 251 g/mol. The van der Waals surface area contributed by atoms with E-state index in [1.807, 2.05) is 13.0 Å². The molecular formula is C14H18FNO2. The van der Waals surface area contributed by atoms with Crippen molar-refractivity contribution < 1.29 is 14.3 Å². The highest BCUT2D eigenvalue weighted by Crippen LogP contribution is 2.35. The minimum atomic E-state index is -0.739. The molecule has 18 heavy (non-hydrogen) atoms. The number of carboxylic acid groups (broad SMARTS) is 1. The first-order valence-electron chi connectivity index (χ1n) is 6.21. The summed E-state index contributed by atoms with van der Waals surface area (Å²) in [6.07, 6.45) is 1.87. The molecule has 0 aromatic heterocycles. The molecule has 0 radical (unpaired) electrons. The third-order valence-electron chi connectivity index (χ3n) is 3.72. The molecule has 4 heteroatoms. The van der Waals surface area contributed by atoms with Crippen LogP contribution in [0.1, 0.15) is 26.2 Å². The molecular weight excluding hydrogens is 233 g/mol. The third kappa shape index (κ3) is 3.00. The highest BCUT2D eigenvalue weighted by atomic mass is 19.1. The average Bonchev–Trinajstić information content (AvgIpc) is 2.28. The zero-order valence-electron chi connectivity index (χ0n) is 10.5. The molecule has 3 nitrogen and oxygen atoms in total. The van der Waals surface area contributed by atoms with E-state index in [0.29, 0.717) is 0 Å². The smallest absolute Gasteiger partial charge is 0.303 e. The zero-order chi connectivity index (χ0) is 13.2. The Morgan fingerprint density at radius 1 is 1.44 bits per heavy atom. The molecule has 1 aliphatic rings. The van der Waals surface area contributed by atoms with Gasteiger partial charge in [-0.25, -0.2) is 4.39 Å². The Morgan fingerprint density at radius 2 is 2.11 bits per heavy atom. The fourth-order valence-electron chi connectivity index (χ4n) is 2.52. The maximum Gasteiger partial charge on any atom is 0.303 e.